The Morgan fingerprint density at radius 3 is 2.57 bits per heavy atom. The van der Waals surface area contributed by atoms with Crippen LogP contribution in [0.3, 0.4) is 0 Å². The lowest BCUT2D eigenvalue weighted by molar-refractivity contribution is 0.221. The normalized spacial score (nSPS) is 15.9. The number of nitrogens with two attached hydrogens (primary N) is 1. The minimum Gasteiger partial charge on any atom is -0.461 e. The highest BCUT2D eigenvalue weighted by atomic mass is 16.5. The molecule has 1 saturated carbocycles. The Hall–Kier alpha value is -1.39. The standard InChI is InChI=1S/C9H14N4O/c1-5(2)14-9-12-7(6-3-4-6)11-8(10)13-9/h5-6H,3-4H2,1-2H3,(H2,10,11,12,13). The fraction of sp³-hybridized carbons (Fsp3) is 0.667. The highest BCUT2D eigenvalue weighted by molar-refractivity contribution is 5.21. The average molecular weight is 194 g/mol. The summed E-state index contributed by atoms with van der Waals surface area (Å²) in [6.45, 7) is 3.85. The van der Waals surface area contributed by atoms with Crippen molar-refractivity contribution < 1.29 is 4.74 Å². The lowest BCUT2D eigenvalue weighted by Gasteiger charge is -2.08. The Balaban J connectivity index is 2.22. The Morgan fingerprint density at radius 2 is 2.00 bits per heavy atom. The van der Waals surface area contributed by atoms with Crippen LogP contribution in [0.2, 0.25) is 0 Å². The molecule has 1 fully saturated rings. The van der Waals surface area contributed by atoms with Crippen LogP contribution in [0.1, 0.15) is 38.4 Å². The van der Waals surface area contributed by atoms with Crippen LogP contribution in [-0.4, -0.2) is 21.1 Å². The molecule has 0 aliphatic heterocycles. The fourth-order valence-electron chi connectivity index (χ4n) is 1.18. The van der Waals surface area contributed by atoms with Gasteiger partial charge in [0.1, 0.15) is 5.82 Å². The predicted octanol–water partition coefficient (Wildman–Crippen LogP) is 1.12. The van der Waals surface area contributed by atoms with Crippen LogP contribution in [0.15, 0.2) is 0 Å². The summed E-state index contributed by atoms with van der Waals surface area (Å²) < 4.78 is 5.37. The van der Waals surface area contributed by atoms with Gasteiger partial charge in [-0.1, -0.05) is 0 Å². The van der Waals surface area contributed by atoms with Crippen molar-refractivity contribution in [1.29, 1.82) is 0 Å². The number of nitrogens with zero attached hydrogens (tertiary/aromatic N) is 3. The summed E-state index contributed by atoms with van der Waals surface area (Å²) in [7, 11) is 0. The van der Waals surface area contributed by atoms with E-state index in [4.69, 9.17) is 10.5 Å². The number of rotatable bonds is 3. The van der Waals surface area contributed by atoms with E-state index in [1.165, 1.54) is 0 Å². The van der Waals surface area contributed by atoms with Gasteiger partial charge in [-0.25, -0.2) is 0 Å². The van der Waals surface area contributed by atoms with Gasteiger partial charge >= 0.3 is 6.01 Å². The van der Waals surface area contributed by atoms with Gasteiger partial charge in [0.05, 0.1) is 6.10 Å². The smallest absolute Gasteiger partial charge is 0.321 e. The zero-order chi connectivity index (χ0) is 10.1. The molecule has 2 rings (SSSR count). The van der Waals surface area contributed by atoms with Gasteiger partial charge in [-0.3, -0.25) is 0 Å². The van der Waals surface area contributed by atoms with Crippen molar-refractivity contribution in [2.24, 2.45) is 0 Å². The minimum absolute atomic E-state index is 0.0591. The summed E-state index contributed by atoms with van der Waals surface area (Å²) in [6, 6.07) is 0.342. The van der Waals surface area contributed by atoms with Gasteiger partial charge < -0.3 is 10.5 Å². The quantitative estimate of drug-likeness (QED) is 0.780. The van der Waals surface area contributed by atoms with Gasteiger partial charge in [0, 0.05) is 5.92 Å². The fourth-order valence-corrected chi connectivity index (χ4v) is 1.18. The third-order valence-electron chi connectivity index (χ3n) is 1.93. The molecular weight excluding hydrogens is 180 g/mol. The molecule has 0 saturated heterocycles. The number of hydrogen-bond donors (Lipinski definition) is 1. The predicted molar refractivity (Wildman–Crippen MR) is 52.0 cm³/mol. The van der Waals surface area contributed by atoms with Crippen LogP contribution in [0.4, 0.5) is 5.95 Å². The maximum absolute atomic E-state index is 5.56. The van der Waals surface area contributed by atoms with Crippen LogP contribution in [0, 0.1) is 0 Å². The average Bonchev–Trinajstić information content (AvgIpc) is 2.82. The molecule has 0 atom stereocenters. The summed E-state index contributed by atoms with van der Waals surface area (Å²) in [5, 5.41) is 0. The lowest BCUT2D eigenvalue weighted by Crippen LogP contribution is -2.11. The third-order valence-corrected chi connectivity index (χ3v) is 1.93. The summed E-state index contributed by atoms with van der Waals surface area (Å²) in [5.41, 5.74) is 5.56. The molecule has 1 aliphatic carbocycles. The molecule has 14 heavy (non-hydrogen) atoms. The first-order valence-corrected chi connectivity index (χ1v) is 4.83. The molecule has 76 valence electrons. The largest absolute Gasteiger partial charge is 0.461 e. The van der Waals surface area contributed by atoms with Gasteiger partial charge in [-0.2, -0.15) is 15.0 Å². The summed E-state index contributed by atoms with van der Waals surface area (Å²) in [6.07, 6.45) is 2.35. The van der Waals surface area contributed by atoms with E-state index in [2.05, 4.69) is 15.0 Å². The highest BCUT2D eigenvalue weighted by Gasteiger charge is 2.27. The first-order chi connectivity index (χ1) is 6.65. The van der Waals surface area contributed by atoms with Crippen molar-refractivity contribution in [3.63, 3.8) is 0 Å². The number of ether oxygens (including phenoxy) is 1. The van der Waals surface area contributed by atoms with Crippen LogP contribution < -0.4 is 10.5 Å². The van der Waals surface area contributed by atoms with E-state index in [1.807, 2.05) is 13.8 Å². The lowest BCUT2D eigenvalue weighted by atomic mass is 10.4. The molecule has 5 nitrogen and oxygen atoms in total. The molecule has 1 aliphatic rings. The maximum Gasteiger partial charge on any atom is 0.321 e. The molecule has 5 heteroatoms. The van der Waals surface area contributed by atoms with Crippen LogP contribution in [-0.2, 0) is 0 Å². The number of anilines is 1. The molecule has 0 aromatic carbocycles. The SMILES string of the molecule is CC(C)Oc1nc(N)nc(C2CC2)n1. The van der Waals surface area contributed by atoms with Crippen LogP contribution in [0.25, 0.3) is 0 Å². The van der Waals surface area contributed by atoms with Gasteiger partial charge in [-0.05, 0) is 26.7 Å². The third kappa shape index (κ3) is 2.10. The molecule has 0 radical (unpaired) electrons. The highest BCUT2D eigenvalue weighted by Crippen LogP contribution is 2.38. The number of nitrogen functional groups attached to an aromatic ring is 1. The van der Waals surface area contributed by atoms with Crippen molar-refractivity contribution in [3.8, 4) is 6.01 Å². The molecule has 1 aromatic rings. The van der Waals surface area contributed by atoms with E-state index in [-0.39, 0.29) is 12.1 Å². The van der Waals surface area contributed by atoms with Crippen LogP contribution >= 0.6 is 0 Å². The van der Waals surface area contributed by atoms with Gasteiger partial charge in [0.2, 0.25) is 5.95 Å². The topological polar surface area (TPSA) is 73.9 Å². The molecule has 0 spiro atoms. The van der Waals surface area contributed by atoms with Crippen molar-refractivity contribution in [3.05, 3.63) is 5.82 Å². The van der Waals surface area contributed by atoms with E-state index in [0.717, 1.165) is 18.7 Å². The molecule has 0 unspecified atom stereocenters. The van der Waals surface area contributed by atoms with Crippen LogP contribution in [0.5, 0.6) is 6.01 Å². The van der Waals surface area contributed by atoms with E-state index in [1.54, 1.807) is 0 Å². The Bertz CT molecular complexity index is 336. The Morgan fingerprint density at radius 1 is 1.29 bits per heavy atom. The van der Waals surface area contributed by atoms with Crippen molar-refractivity contribution in [2.75, 3.05) is 5.73 Å². The maximum atomic E-state index is 5.56. The van der Waals surface area contributed by atoms with E-state index < -0.39 is 0 Å². The molecular formula is C9H14N4O. The monoisotopic (exact) mass is 194 g/mol. The van der Waals surface area contributed by atoms with E-state index in [0.29, 0.717) is 11.9 Å². The number of hydrogen-bond acceptors (Lipinski definition) is 5. The summed E-state index contributed by atoms with van der Waals surface area (Å²) >= 11 is 0. The summed E-state index contributed by atoms with van der Waals surface area (Å²) in [4.78, 5) is 12.2. The molecule has 1 heterocycles. The second-order valence-corrected chi connectivity index (χ2v) is 3.78. The Kier molecular flexibility index (Phi) is 2.23. The molecule has 1 aromatic heterocycles. The second-order valence-electron chi connectivity index (χ2n) is 3.78. The first kappa shape index (κ1) is 9.18. The van der Waals surface area contributed by atoms with Crippen molar-refractivity contribution >= 4 is 5.95 Å². The molecule has 2 N–H and O–H groups in total. The van der Waals surface area contributed by atoms with Gasteiger partial charge in [0.25, 0.3) is 0 Å². The van der Waals surface area contributed by atoms with E-state index in [9.17, 15) is 0 Å². The van der Waals surface area contributed by atoms with Gasteiger partial charge in [-0.15, -0.1) is 0 Å². The molecule has 0 amide bonds. The first-order valence-electron chi connectivity index (χ1n) is 4.83. The summed E-state index contributed by atoms with van der Waals surface area (Å²) in [5.74, 6) is 1.49. The van der Waals surface area contributed by atoms with Crippen molar-refractivity contribution in [2.45, 2.75) is 38.7 Å². The Labute approximate surface area is 82.7 Å². The van der Waals surface area contributed by atoms with Crippen molar-refractivity contribution in [1.82, 2.24) is 15.0 Å². The second kappa shape index (κ2) is 3.40. The minimum atomic E-state index is 0.0591. The van der Waals surface area contributed by atoms with E-state index >= 15 is 0 Å². The number of aromatic nitrogens is 3. The zero-order valence-corrected chi connectivity index (χ0v) is 8.40. The zero-order valence-electron chi connectivity index (χ0n) is 8.40. The molecule has 0 bridgehead atoms. The van der Waals surface area contributed by atoms with Gasteiger partial charge in [0.15, 0.2) is 0 Å².